The van der Waals surface area contributed by atoms with Crippen LogP contribution in [0.1, 0.15) is 41.0 Å². The van der Waals surface area contributed by atoms with Crippen LogP contribution in [0.4, 0.5) is 0 Å². The monoisotopic (exact) mass is 285 g/mol. The van der Waals surface area contributed by atoms with Crippen LogP contribution in [0, 0.1) is 0 Å². The van der Waals surface area contributed by atoms with Crippen LogP contribution in [-0.2, 0) is 9.53 Å². The Hall–Kier alpha value is -0.650. The Kier molecular flexibility index (Phi) is 6.92. The molecule has 0 aliphatic carbocycles. The fourth-order valence-electron chi connectivity index (χ4n) is 2.12. The molecule has 0 spiro atoms. The lowest BCUT2D eigenvalue weighted by molar-refractivity contribution is -0.124. The van der Waals surface area contributed by atoms with Crippen LogP contribution in [0.5, 0.6) is 0 Å². The number of nitrogens with zero attached hydrogens (tertiary/aromatic N) is 1. The maximum Gasteiger partial charge on any atom is 0.237 e. The molecule has 5 heteroatoms. The van der Waals surface area contributed by atoms with E-state index < -0.39 is 0 Å². The van der Waals surface area contributed by atoms with E-state index in [1.165, 1.54) is 0 Å². The Morgan fingerprint density at radius 1 is 1.45 bits per heavy atom. The van der Waals surface area contributed by atoms with Gasteiger partial charge in [-0.1, -0.05) is 13.8 Å². The molecule has 0 aromatic heterocycles. The molecular weight excluding hydrogens is 254 g/mol. The van der Waals surface area contributed by atoms with E-state index in [9.17, 15) is 4.79 Å². The van der Waals surface area contributed by atoms with E-state index in [-0.39, 0.29) is 23.6 Å². The van der Waals surface area contributed by atoms with Crippen LogP contribution in [0.15, 0.2) is 0 Å². The highest BCUT2D eigenvalue weighted by Gasteiger charge is 2.24. The number of likely N-dealkylation sites (N-methyl/N-ethyl adjacent to an activating group) is 1. The largest absolute Gasteiger partial charge is 0.374 e. The lowest BCUT2D eigenvalue weighted by atomic mass is 10.0. The van der Waals surface area contributed by atoms with Crippen molar-refractivity contribution in [3.8, 4) is 0 Å². The molecule has 118 valence electrons. The van der Waals surface area contributed by atoms with Gasteiger partial charge in [0.15, 0.2) is 0 Å². The summed E-state index contributed by atoms with van der Waals surface area (Å²) in [6.07, 6.45) is 1.10. The van der Waals surface area contributed by atoms with E-state index in [2.05, 4.69) is 29.4 Å². The van der Waals surface area contributed by atoms with Gasteiger partial charge in [0.05, 0.1) is 18.8 Å². The zero-order valence-electron chi connectivity index (χ0n) is 13.7. The van der Waals surface area contributed by atoms with Gasteiger partial charge in [0, 0.05) is 25.2 Å². The summed E-state index contributed by atoms with van der Waals surface area (Å²) in [4.78, 5) is 14.5. The Labute approximate surface area is 123 Å². The number of carbonyl (C=O) groups excluding carboxylic acids is 1. The van der Waals surface area contributed by atoms with Crippen molar-refractivity contribution < 1.29 is 9.53 Å². The lowest BCUT2D eigenvalue weighted by Crippen LogP contribution is -2.53. The molecule has 2 atom stereocenters. The summed E-state index contributed by atoms with van der Waals surface area (Å²) in [5.41, 5.74) is -0.145. The number of ether oxygens (including phenoxy) is 1. The number of carbonyl (C=O) groups is 1. The normalized spacial score (nSPS) is 22.6. The molecule has 0 saturated carbocycles. The molecule has 0 radical (unpaired) electrons. The third kappa shape index (κ3) is 5.77. The summed E-state index contributed by atoms with van der Waals surface area (Å²) >= 11 is 0. The Bertz CT molecular complexity index is 307. The van der Waals surface area contributed by atoms with E-state index in [1.807, 2.05) is 20.8 Å². The molecule has 2 unspecified atom stereocenters. The SMILES string of the molecule is CCN1CCOC(CNC(C)C(=O)NC(C)(C)CC)C1. The van der Waals surface area contributed by atoms with Crippen LogP contribution >= 0.6 is 0 Å². The van der Waals surface area contributed by atoms with Crippen molar-refractivity contribution in [2.24, 2.45) is 0 Å². The molecule has 1 amide bonds. The lowest BCUT2D eigenvalue weighted by Gasteiger charge is -2.33. The number of rotatable bonds is 7. The number of hydrogen-bond donors (Lipinski definition) is 2. The van der Waals surface area contributed by atoms with Gasteiger partial charge in [-0.2, -0.15) is 0 Å². The first-order valence-corrected chi connectivity index (χ1v) is 7.77. The Morgan fingerprint density at radius 2 is 2.15 bits per heavy atom. The van der Waals surface area contributed by atoms with Gasteiger partial charge in [-0.05, 0) is 33.7 Å². The maximum absolute atomic E-state index is 12.1. The molecule has 20 heavy (non-hydrogen) atoms. The number of nitrogens with one attached hydrogen (secondary N) is 2. The van der Waals surface area contributed by atoms with E-state index in [4.69, 9.17) is 4.74 Å². The van der Waals surface area contributed by atoms with Gasteiger partial charge in [-0.25, -0.2) is 0 Å². The Morgan fingerprint density at radius 3 is 2.75 bits per heavy atom. The molecule has 0 aromatic rings. The first-order valence-electron chi connectivity index (χ1n) is 7.77. The molecule has 2 N–H and O–H groups in total. The zero-order chi connectivity index (χ0) is 15.2. The van der Waals surface area contributed by atoms with Gasteiger partial charge in [0.2, 0.25) is 5.91 Å². The summed E-state index contributed by atoms with van der Waals surface area (Å²) in [5, 5.41) is 6.34. The van der Waals surface area contributed by atoms with Crippen LogP contribution in [0.2, 0.25) is 0 Å². The third-order valence-electron chi connectivity index (χ3n) is 4.06. The minimum atomic E-state index is -0.193. The van der Waals surface area contributed by atoms with E-state index in [0.717, 1.165) is 39.2 Å². The number of amides is 1. The van der Waals surface area contributed by atoms with Crippen molar-refractivity contribution in [1.82, 2.24) is 15.5 Å². The predicted octanol–water partition coefficient (Wildman–Crippen LogP) is 0.990. The predicted molar refractivity (Wildman–Crippen MR) is 81.8 cm³/mol. The first-order chi connectivity index (χ1) is 9.38. The second-order valence-corrected chi connectivity index (χ2v) is 6.24. The fraction of sp³-hybridized carbons (Fsp3) is 0.933. The average Bonchev–Trinajstić information content (AvgIpc) is 2.44. The quantitative estimate of drug-likeness (QED) is 0.732. The van der Waals surface area contributed by atoms with Crippen molar-refractivity contribution in [3.63, 3.8) is 0 Å². The molecular formula is C15H31N3O2. The van der Waals surface area contributed by atoms with Crippen molar-refractivity contribution in [3.05, 3.63) is 0 Å². The van der Waals surface area contributed by atoms with Gasteiger partial charge in [0.25, 0.3) is 0 Å². The molecule has 1 saturated heterocycles. The zero-order valence-corrected chi connectivity index (χ0v) is 13.7. The molecule has 1 aliphatic heterocycles. The van der Waals surface area contributed by atoms with Crippen LogP contribution in [-0.4, -0.2) is 61.3 Å². The molecule has 1 heterocycles. The van der Waals surface area contributed by atoms with Crippen LogP contribution in [0.3, 0.4) is 0 Å². The van der Waals surface area contributed by atoms with Gasteiger partial charge in [-0.3, -0.25) is 9.69 Å². The highest BCUT2D eigenvalue weighted by molar-refractivity contribution is 5.81. The summed E-state index contributed by atoms with van der Waals surface area (Å²) in [6.45, 7) is 14.7. The van der Waals surface area contributed by atoms with Crippen molar-refractivity contribution >= 4 is 5.91 Å². The summed E-state index contributed by atoms with van der Waals surface area (Å²) < 4.78 is 5.73. The van der Waals surface area contributed by atoms with Crippen molar-refractivity contribution in [1.29, 1.82) is 0 Å². The van der Waals surface area contributed by atoms with Gasteiger partial charge >= 0.3 is 0 Å². The van der Waals surface area contributed by atoms with E-state index in [1.54, 1.807) is 0 Å². The van der Waals surface area contributed by atoms with E-state index >= 15 is 0 Å². The van der Waals surface area contributed by atoms with Crippen LogP contribution in [0.25, 0.3) is 0 Å². The topological polar surface area (TPSA) is 53.6 Å². The minimum Gasteiger partial charge on any atom is -0.374 e. The van der Waals surface area contributed by atoms with E-state index in [0.29, 0.717) is 0 Å². The molecule has 0 aromatic carbocycles. The molecule has 0 bridgehead atoms. The number of hydrogen-bond acceptors (Lipinski definition) is 4. The van der Waals surface area contributed by atoms with Crippen molar-refractivity contribution in [2.75, 3.05) is 32.8 Å². The molecule has 1 rings (SSSR count). The Balaban J connectivity index is 2.31. The third-order valence-corrected chi connectivity index (χ3v) is 4.06. The van der Waals surface area contributed by atoms with Gasteiger partial charge in [0.1, 0.15) is 0 Å². The fourth-order valence-corrected chi connectivity index (χ4v) is 2.12. The highest BCUT2D eigenvalue weighted by Crippen LogP contribution is 2.07. The minimum absolute atomic E-state index is 0.0556. The maximum atomic E-state index is 12.1. The number of morpholine rings is 1. The summed E-state index contributed by atoms with van der Waals surface area (Å²) in [5.74, 6) is 0.0556. The molecule has 1 aliphatic rings. The molecule has 5 nitrogen and oxygen atoms in total. The smallest absolute Gasteiger partial charge is 0.237 e. The van der Waals surface area contributed by atoms with Crippen molar-refractivity contribution in [2.45, 2.75) is 58.7 Å². The summed E-state index contributed by atoms with van der Waals surface area (Å²) in [6, 6.07) is -0.193. The highest BCUT2D eigenvalue weighted by atomic mass is 16.5. The van der Waals surface area contributed by atoms with Crippen LogP contribution < -0.4 is 10.6 Å². The second-order valence-electron chi connectivity index (χ2n) is 6.24. The summed E-state index contributed by atoms with van der Waals surface area (Å²) in [7, 11) is 0. The first kappa shape index (κ1) is 17.4. The molecule has 1 fully saturated rings. The van der Waals surface area contributed by atoms with Gasteiger partial charge < -0.3 is 15.4 Å². The van der Waals surface area contributed by atoms with Gasteiger partial charge in [-0.15, -0.1) is 0 Å². The second kappa shape index (κ2) is 7.96. The standard InChI is InChI=1S/C15H31N3O2/c1-6-15(4,5)17-14(19)12(3)16-10-13-11-18(7-2)8-9-20-13/h12-13,16H,6-11H2,1-5H3,(H,17,19). The average molecular weight is 285 g/mol.